The van der Waals surface area contributed by atoms with Gasteiger partial charge in [-0.25, -0.2) is 0 Å². The molecule has 0 aromatic rings. The minimum atomic E-state index is 0. The predicted octanol–water partition coefficient (Wildman–Crippen LogP) is 0.369. The Kier molecular flexibility index (Phi) is 4.77. The average molecular weight is 115 g/mol. The summed E-state index contributed by atoms with van der Waals surface area (Å²) in [5.41, 5.74) is 0. The molecule has 7 heavy (non-hydrogen) atoms. The van der Waals surface area contributed by atoms with E-state index in [1.165, 1.54) is 11.5 Å². The third kappa shape index (κ3) is 3.00. The standard InChI is InChI=1S/C4H8OS.B/c1-3-6-4-2-5-1;/h1-4H2;. The van der Waals surface area contributed by atoms with Crippen molar-refractivity contribution in [3.05, 3.63) is 0 Å². The maximum atomic E-state index is 5.05. The normalized spacial score (nSPS) is 20.6. The van der Waals surface area contributed by atoms with Crippen LogP contribution in [0.15, 0.2) is 0 Å². The molecule has 1 nitrogen and oxygen atoms in total. The summed E-state index contributed by atoms with van der Waals surface area (Å²) in [5.74, 6) is 2.39. The summed E-state index contributed by atoms with van der Waals surface area (Å²) in [5, 5.41) is 0. The van der Waals surface area contributed by atoms with Gasteiger partial charge in [-0.15, -0.1) is 0 Å². The Morgan fingerprint density at radius 1 is 1.14 bits per heavy atom. The van der Waals surface area contributed by atoms with Crippen LogP contribution < -0.4 is 0 Å². The molecule has 1 fully saturated rings. The molecule has 0 aromatic carbocycles. The zero-order valence-electron chi connectivity index (χ0n) is 4.22. The van der Waals surface area contributed by atoms with E-state index in [1.807, 2.05) is 11.8 Å². The molecule has 0 saturated carbocycles. The average Bonchev–Trinajstić information content (AvgIpc) is 1.72. The Morgan fingerprint density at radius 2 is 1.71 bits per heavy atom. The molecule has 1 saturated heterocycles. The molecular formula is C4H8BOS. The third-order valence-corrected chi connectivity index (χ3v) is 1.65. The molecule has 0 amide bonds. The van der Waals surface area contributed by atoms with Crippen LogP contribution in [0.3, 0.4) is 0 Å². The van der Waals surface area contributed by atoms with Gasteiger partial charge in [0, 0.05) is 19.9 Å². The number of hydrogen-bond acceptors (Lipinski definition) is 2. The molecule has 39 valence electrons. The number of thioether (sulfide) groups is 1. The van der Waals surface area contributed by atoms with Gasteiger partial charge < -0.3 is 4.74 Å². The van der Waals surface area contributed by atoms with Crippen LogP contribution in [0.25, 0.3) is 0 Å². The quantitative estimate of drug-likeness (QED) is 0.422. The molecule has 0 aromatic heterocycles. The van der Waals surface area contributed by atoms with E-state index in [0.29, 0.717) is 0 Å². The summed E-state index contributed by atoms with van der Waals surface area (Å²) in [6.07, 6.45) is 0. The van der Waals surface area contributed by atoms with Crippen LogP contribution in [0.5, 0.6) is 0 Å². The summed E-state index contributed by atoms with van der Waals surface area (Å²) in [7, 11) is 0. The van der Waals surface area contributed by atoms with Crippen LogP contribution in [0, 0.1) is 0 Å². The van der Waals surface area contributed by atoms with Crippen LogP contribution in [-0.4, -0.2) is 33.1 Å². The molecule has 3 heteroatoms. The van der Waals surface area contributed by atoms with Gasteiger partial charge in [-0.2, -0.15) is 11.8 Å². The van der Waals surface area contributed by atoms with Crippen molar-refractivity contribution < 1.29 is 4.74 Å². The molecule has 1 aliphatic heterocycles. The topological polar surface area (TPSA) is 9.23 Å². The van der Waals surface area contributed by atoms with E-state index in [4.69, 9.17) is 4.74 Å². The van der Waals surface area contributed by atoms with Crippen LogP contribution >= 0.6 is 11.8 Å². The Morgan fingerprint density at radius 3 is 1.86 bits per heavy atom. The number of hydrogen-bond donors (Lipinski definition) is 0. The summed E-state index contributed by atoms with van der Waals surface area (Å²) in [6.45, 7) is 1.93. The van der Waals surface area contributed by atoms with Gasteiger partial charge in [0.1, 0.15) is 0 Å². The van der Waals surface area contributed by atoms with E-state index in [2.05, 4.69) is 0 Å². The molecule has 0 N–H and O–H groups in total. The second-order valence-corrected chi connectivity index (χ2v) is 2.45. The minimum Gasteiger partial charge on any atom is -0.380 e. The Labute approximate surface area is 50.4 Å². The van der Waals surface area contributed by atoms with Crippen molar-refractivity contribution in [2.45, 2.75) is 0 Å². The Bertz CT molecular complexity index is 27.2. The maximum Gasteiger partial charge on any atom is 0.0557 e. The second kappa shape index (κ2) is 4.53. The highest BCUT2D eigenvalue weighted by Gasteiger charge is 1.95. The summed E-state index contributed by atoms with van der Waals surface area (Å²) < 4.78 is 5.05. The van der Waals surface area contributed by atoms with E-state index in [9.17, 15) is 0 Å². The van der Waals surface area contributed by atoms with E-state index < -0.39 is 0 Å². The molecule has 3 radical (unpaired) electrons. The van der Waals surface area contributed by atoms with E-state index >= 15 is 0 Å². The zero-order valence-corrected chi connectivity index (χ0v) is 5.04. The van der Waals surface area contributed by atoms with Crippen molar-refractivity contribution in [2.75, 3.05) is 24.7 Å². The zero-order chi connectivity index (χ0) is 4.24. The first-order chi connectivity index (χ1) is 3.00. The minimum absolute atomic E-state index is 0. The molecule has 0 aliphatic carbocycles. The van der Waals surface area contributed by atoms with Gasteiger partial charge >= 0.3 is 0 Å². The first kappa shape index (κ1) is 7.37. The van der Waals surface area contributed by atoms with E-state index in [-0.39, 0.29) is 8.41 Å². The van der Waals surface area contributed by atoms with Crippen molar-refractivity contribution in [3.8, 4) is 0 Å². The van der Waals surface area contributed by atoms with E-state index in [0.717, 1.165) is 13.2 Å². The van der Waals surface area contributed by atoms with Gasteiger partial charge in [-0.3, -0.25) is 0 Å². The lowest BCUT2D eigenvalue weighted by molar-refractivity contribution is 0.161. The van der Waals surface area contributed by atoms with Gasteiger partial charge in [-0.1, -0.05) is 0 Å². The SMILES string of the molecule is C1CSCCO1.[B]. The summed E-state index contributed by atoms with van der Waals surface area (Å²) in [4.78, 5) is 0. The smallest absolute Gasteiger partial charge is 0.0557 e. The van der Waals surface area contributed by atoms with Crippen molar-refractivity contribution >= 4 is 20.2 Å². The number of ether oxygens (including phenoxy) is 1. The molecular weight excluding hydrogens is 107 g/mol. The van der Waals surface area contributed by atoms with Gasteiger partial charge in [0.05, 0.1) is 13.2 Å². The number of rotatable bonds is 0. The summed E-state index contributed by atoms with van der Waals surface area (Å²) in [6, 6.07) is 0. The maximum absolute atomic E-state index is 5.05. The summed E-state index contributed by atoms with van der Waals surface area (Å²) >= 11 is 1.97. The van der Waals surface area contributed by atoms with Gasteiger partial charge in [0.15, 0.2) is 0 Å². The first-order valence-electron chi connectivity index (χ1n) is 2.15. The Balaban J connectivity index is 0.000000360. The molecule has 0 unspecified atom stereocenters. The highest BCUT2D eigenvalue weighted by atomic mass is 32.2. The van der Waals surface area contributed by atoms with Gasteiger partial charge in [0.25, 0.3) is 0 Å². The predicted molar refractivity (Wildman–Crippen MR) is 33.9 cm³/mol. The van der Waals surface area contributed by atoms with Crippen LogP contribution in [0.2, 0.25) is 0 Å². The van der Waals surface area contributed by atoms with Gasteiger partial charge in [-0.05, 0) is 0 Å². The fourth-order valence-electron chi connectivity index (χ4n) is 0.440. The lowest BCUT2D eigenvalue weighted by Gasteiger charge is -2.07. The fraction of sp³-hybridized carbons (Fsp3) is 1.00. The molecule has 1 aliphatic rings. The van der Waals surface area contributed by atoms with Crippen molar-refractivity contribution in [3.63, 3.8) is 0 Å². The van der Waals surface area contributed by atoms with Crippen LogP contribution in [0.4, 0.5) is 0 Å². The molecule has 0 bridgehead atoms. The van der Waals surface area contributed by atoms with E-state index in [1.54, 1.807) is 0 Å². The largest absolute Gasteiger partial charge is 0.380 e. The third-order valence-electron chi connectivity index (χ3n) is 0.744. The molecule has 0 atom stereocenters. The fourth-order valence-corrected chi connectivity index (χ4v) is 1.12. The lowest BCUT2D eigenvalue weighted by Crippen LogP contribution is -2.08. The molecule has 0 spiro atoms. The van der Waals surface area contributed by atoms with Crippen LogP contribution in [-0.2, 0) is 4.74 Å². The van der Waals surface area contributed by atoms with Crippen molar-refractivity contribution in [2.24, 2.45) is 0 Å². The Hall–Kier alpha value is 0.375. The van der Waals surface area contributed by atoms with Gasteiger partial charge in [0.2, 0.25) is 0 Å². The second-order valence-electron chi connectivity index (χ2n) is 1.22. The first-order valence-corrected chi connectivity index (χ1v) is 3.31. The van der Waals surface area contributed by atoms with Crippen molar-refractivity contribution in [1.29, 1.82) is 0 Å². The van der Waals surface area contributed by atoms with Crippen molar-refractivity contribution in [1.82, 2.24) is 0 Å². The monoisotopic (exact) mass is 115 g/mol. The highest BCUT2D eigenvalue weighted by Crippen LogP contribution is 2.03. The molecule has 1 heterocycles. The highest BCUT2D eigenvalue weighted by molar-refractivity contribution is 7.99. The molecule has 1 rings (SSSR count). The van der Waals surface area contributed by atoms with Crippen LogP contribution in [0.1, 0.15) is 0 Å². The lowest BCUT2D eigenvalue weighted by atomic mass is 10.8.